The van der Waals surface area contributed by atoms with Gasteiger partial charge in [-0.25, -0.2) is 9.59 Å². The van der Waals surface area contributed by atoms with Crippen molar-refractivity contribution in [3.8, 4) is 5.75 Å². The van der Waals surface area contributed by atoms with E-state index in [1.807, 2.05) is 0 Å². The predicted octanol–water partition coefficient (Wildman–Crippen LogP) is -0.485. The van der Waals surface area contributed by atoms with Gasteiger partial charge in [-0.05, 0) is 17.7 Å². The lowest BCUT2D eigenvalue weighted by atomic mass is 10.1. The lowest BCUT2D eigenvalue weighted by molar-refractivity contribution is -0.139. The topological polar surface area (TPSA) is 133 Å². The molecule has 3 amide bonds. The first-order valence-electron chi connectivity index (χ1n) is 6.10. The standard InChI is InChI=1S/C13H17N3O5/c1-16(7-11(14)18)13(21)15-10(12(19)20)6-8-2-4-9(17)5-3-8/h2-5,10,17H,6-7H2,1H3,(H2,14,18)(H,15,21)(H,19,20). The number of amides is 3. The number of hydrogen-bond donors (Lipinski definition) is 4. The highest BCUT2D eigenvalue weighted by molar-refractivity contribution is 5.86. The van der Waals surface area contributed by atoms with Crippen LogP contribution >= 0.6 is 0 Å². The van der Waals surface area contributed by atoms with Crippen LogP contribution in [0.3, 0.4) is 0 Å². The highest BCUT2D eigenvalue weighted by atomic mass is 16.4. The molecule has 0 heterocycles. The third kappa shape index (κ3) is 5.39. The van der Waals surface area contributed by atoms with Crippen LogP contribution in [-0.2, 0) is 16.0 Å². The summed E-state index contributed by atoms with van der Waals surface area (Å²) in [7, 11) is 1.33. The summed E-state index contributed by atoms with van der Waals surface area (Å²) in [6.07, 6.45) is 0.0474. The smallest absolute Gasteiger partial charge is 0.326 e. The van der Waals surface area contributed by atoms with Gasteiger partial charge >= 0.3 is 12.0 Å². The molecule has 8 heteroatoms. The van der Waals surface area contributed by atoms with E-state index in [-0.39, 0.29) is 18.7 Å². The fraction of sp³-hybridized carbons (Fsp3) is 0.308. The Labute approximate surface area is 121 Å². The number of phenols is 1. The van der Waals surface area contributed by atoms with Gasteiger partial charge in [0.2, 0.25) is 5.91 Å². The largest absolute Gasteiger partial charge is 0.508 e. The highest BCUT2D eigenvalue weighted by Crippen LogP contribution is 2.11. The molecule has 8 nitrogen and oxygen atoms in total. The van der Waals surface area contributed by atoms with Crippen LogP contribution in [0.15, 0.2) is 24.3 Å². The second-order valence-electron chi connectivity index (χ2n) is 4.53. The molecule has 0 spiro atoms. The summed E-state index contributed by atoms with van der Waals surface area (Å²) >= 11 is 0. The number of carbonyl (C=O) groups is 3. The van der Waals surface area contributed by atoms with Crippen molar-refractivity contribution in [3.63, 3.8) is 0 Å². The van der Waals surface area contributed by atoms with Gasteiger partial charge in [-0.3, -0.25) is 4.79 Å². The van der Waals surface area contributed by atoms with Crippen LogP contribution in [0.4, 0.5) is 4.79 Å². The van der Waals surface area contributed by atoms with E-state index in [2.05, 4.69) is 5.32 Å². The van der Waals surface area contributed by atoms with Gasteiger partial charge in [0.1, 0.15) is 18.3 Å². The Morgan fingerprint density at radius 3 is 2.33 bits per heavy atom. The Balaban J connectivity index is 2.69. The number of likely N-dealkylation sites (N-methyl/N-ethyl adjacent to an activating group) is 1. The summed E-state index contributed by atoms with van der Waals surface area (Å²) in [4.78, 5) is 34.6. The SMILES string of the molecule is CN(CC(N)=O)C(=O)NC(Cc1ccc(O)cc1)C(=O)O. The maximum Gasteiger partial charge on any atom is 0.326 e. The fourth-order valence-electron chi connectivity index (χ4n) is 1.63. The second-order valence-corrected chi connectivity index (χ2v) is 4.53. The Morgan fingerprint density at radius 1 is 1.29 bits per heavy atom. The van der Waals surface area contributed by atoms with Crippen molar-refractivity contribution in [2.75, 3.05) is 13.6 Å². The van der Waals surface area contributed by atoms with Crippen molar-refractivity contribution >= 4 is 17.9 Å². The minimum absolute atomic E-state index is 0.0474. The number of hydrogen-bond acceptors (Lipinski definition) is 4. The van der Waals surface area contributed by atoms with Gasteiger partial charge in [0, 0.05) is 13.5 Å². The van der Waals surface area contributed by atoms with Crippen molar-refractivity contribution < 1.29 is 24.6 Å². The molecule has 0 aromatic heterocycles. The molecule has 0 aliphatic heterocycles. The zero-order chi connectivity index (χ0) is 16.0. The Morgan fingerprint density at radius 2 is 1.86 bits per heavy atom. The van der Waals surface area contributed by atoms with Gasteiger partial charge < -0.3 is 26.2 Å². The Kier molecular flexibility index (Phi) is 5.53. The van der Waals surface area contributed by atoms with Crippen LogP contribution in [0.2, 0.25) is 0 Å². The molecule has 21 heavy (non-hydrogen) atoms. The molecule has 1 aromatic rings. The van der Waals surface area contributed by atoms with E-state index in [0.29, 0.717) is 5.56 Å². The van der Waals surface area contributed by atoms with Crippen LogP contribution < -0.4 is 11.1 Å². The van der Waals surface area contributed by atoms with E-state index in [9.17, 15) is 14.4 Å². The van der Waals surface area contributed by atoms with Crippen molar-refractivity contribution in [2.24, 2.45) is 5.73 Å². The average Bonchev–Trinajstić information content (AvgIpc) is 2.39. The highest BCUT2D eigenvalue weighted by Gasteiger charge is 2.22. The Hall–Kier alpha value is -2.77. The van der Waals surface area contributed by atoms with Crippen molar-refractivity contribution in [3.05, 3.63) is 29.8 Å². The van der Waals surface area contributed by atoms with E-state index < -0.39 is 23.9 Å². The third-order valence-electron chi connectivity index (χ3n) is 2.71. The molecule has 1 rings (SSSR count). The van der Waals surface area contributed by atoms with Gasteiger partial charge in [-0.1, -0.05) is 12.1 Å². The first-order valence-corrected chi connectivity index (χ1v) is 6.10. The molecule has 0 saturated carbocycles. The zero-order valence-corrected chi connectivity index (χ0v) is 11.4. The number of carboxylic acids is 1. The third-order valence-corrected chi connectivity index (χ3v) is 2.71. The normalized spacial score (nSPS) is 11.5. The minimum atomic E-state index is -1.20. The summed E-state index contributed by atoms with van der Waals surface area (Å²) in [5, 5.41) is 20.6. The summed E-state index contributed by atoms with van der Waals surface area (Å²) in [6.45, 7) is -0.308. The predicted molar refractivity (Wildman–Crippen MR) is 73.6 cm³/mol. The molecular weight excluding hydrogens is 278 g/mol. The summed E-state index contributed by atoms with van der Waals surface area (Å²) in [5.74, 6) is -1.84. The van der Waals surface area contributed by atoms with Gasteiger partial charge in [0.05, 0.1) is 0 Å². The van der Waals surface area contributed by atoms with Crippen molar-refractivity contribution in [2.45, 2.75) is 12.5 Å². The number of nitrogens with one attached hydrogen (secondary N) is 1. The maximum atomic E-state index is 11.7. The number of rotatable bonds is 6. The first-order chi connectivity index (χ1) is 9.79. The summed E-state index contributed by atoms with van der Waals surface area (Å²) in [6, 6.07) is 4.11. The van der Waals surface area contributed by atoms with Crippen LogP contribution in [0, 0.1) is 0 Å². The molecule has 0 fully saturated rings. The molecule has 0 saturated heterocycles. The number of benzene rings is 1. The van der Waals surface area contributed by atoms with E-state index >= 15 is 0 Å². The Bertz CT molecular complexity index is 529. The van der Waals surface area contributed by atoms with Crippen LogP contribution in [-0.4, -0.2) is 52.7 Å². The minimum Gasteiger partial charge on any atom is -0.508 e. The number of nitrogens with zero attached hydrogens (tertiary/aromatic N) is 1. The summed E-state index contributed by atoms with van der Waals surface area (Å²) < 4.78 is 0. The van der Waals surface area contributed by atoms with Crippen LogP contribution in [0.5, 0.6) is 5.75 Å². The molecule has 1 atom stereocenters. The molecule has 0 aliphatic rings. The van der Waals surface area contributed by atoms with Gasteiger partial charge in [-0.15, -0.1) is 0 Å². The number of carbonyl (C=O) groups excluding carboxylic acids is 2. The number of urea groups is 1. The first kappa shape index (κ1) is 16.3. The molecule has 0 aliphatic carbocycles. The number of nitrogens with two attached hydrogens (primary N) is 1. The summed E-state index contributed by atoms with van der Waals surface area (Å²) in [5.41, 5.74) is 5.60. The average molecular weight is 295 g/mol. The van der Waals surface area contributed by atoms with Crippen molar-refractivity contribution in [1.29, 1.82) is 0 Å². The van der Waals surface area contributed by atoms with Gasteiger partial charge in [0.25, 0.3) is 0 Å². The van der Waals surface area contributed by atoms with E-state index in [4.69, 9.17) is 15.9 Å². The number of carboxylic acid groups (broad SMARTS) is 1. The molecule has 1 aromatic carbocycles. The van der Waals surface area contributed by atoms with Crippen LogP contribution in [0.25, 0.3) is 0 Å². The number of aliphatic carboxylic acids is 1. The molecule has 0 radical (unpaired) electrons. The molecular formula is C13H17N3O5. The second kappa shape index (κ2) is 7.13. The lowest BCUT2D eigenvalue weighted by Crippen LogP contribution is -2.49. The van der Waals surface area contributed by atoms with Gasteiger partial charge in [0.15, 0.2) is 0 Å². The van der Waals surface area contributed by atoms with E-state index in [0.717, 1.165) is 4.90 Å². The maximum absolute atomic E-state index is 11.7. The molecule has 0 bridgehead atoms. The molecule has 114 valence electrons. The monoisotopic (exact) mass is 295 g/mol. The van der Waals surface area contributed by atoms with E-state index in [1.54, 1.807) is 12.1 Å². The lowest BCUT2D eigenvalue weighted by Gasteiger charge is -2.20. The van der Waals surface area contributed by atoms with E-state index in [1.165, 1.54) is 19.2 Å². The molecule has 1 unspecified atom stereocenters. The quantitative estimate of drug-likeness (QED) is 0.562. The van der Waals surface area contributed by atoms with Gasteiger partial charge in [-0.2, -0.15) is 0 Å². The van der Waals surface area contributed by atoms with Crippen LogP contribution in [0.1, 0.15) is 5.56 Å². The number of primary amides is 1. The fourth-order valence-corrected chi connectivity index (χ4v) is 1.63. The number of aromatic hydroxyl groups is 1. The zero-order valence-electron chi connectivity index (χ0n) is 11.4. The molecule has 5 N–H and O–H groups in total. The number of phenolic OH excluding ortho intramolecular Hbond substituents is 1. The van der Waals surface area contributed by atoms with Crippen molar-refractivity contribution in [1.82, 2.24) is 10.2 Å².